The molecule has 0 fully saturated rings. The van der Waals surface area contributed by atoms with E-state index < -0.39 is 41.1 Å². The predicted octanol–water partition coefficient (Wildman–Crippen LogP) is 5.94. The molecule has 0 atom stereocenters. The fourth-order valence-electron chi connectivity index (χ4n) is 0.965. The van der Waals surface area contributed by atoms with Crippen LogP contribution in [0.1, 0.15) is 0 Å². The highest BCUT2D eigenvalue weighted by Crippen LogP contribution is 2.60. The van der Waals surface area contributed by atoms with Gasteiger partial charge in [-0.1, -0.05) is 22.6 Å². The zero-order chi connectivity index (χ0) is 18.4. The molecule has 0 aliphatic rings. The van der Waals surface area contributed by atoms with E-state index in [-0.39, 0.29) is 4.08 Å². The number of halogens is 14. The summed E-state index contributed by atoms with van der Waals surface area (Å²) in [5.74, 6) is -35.6. The van der Waals surface area contributed by atoms with E-state index in [2.05, 4.69) is 11.6 Å². The topological polar surface area (TPSA) is 0 Å². The van der Waals surface area contributed by atoms with Gasteiger partial charge in [-0.25, -0.2) is 0 Å². The second-order valence-corrected chi connectivity index (χ2v) is 4.90. The molecule has 0 aromatic carbocycles. The minimum absolute atomic E-state index is 0.00812. The van der Waals surface area contributed by atoms with Crippen LogP contribution in [-0.4, -0.2) is 35.0 Å². The Morgan fingerprint density at radius 2 is 0.909 bits per heavy atom. The van der Waals surface area contributed by atoms with Gasteiger partial charge in [0.05, 0.1) is 0 Å². The number of rotatable bonds is 6. The van der Waals surface area contributed by atoms with Crippen LogP contribution < -0.4 is 0 Å². The first kappa shape index (κ1) is 21.9. The maximum Gasteiger partial charge on any atom is 0.393 e. The molecular weight excluding hydrogens is 486 g/mol. The molecule has 0 saturated carbocycles. The van der Waals surface area contributed by atoms with E-state index in [4.69, 9.17) is 0 Å². The number of alkyl halides is 13. The fraction of sp³-hybridized carbons (Fsp3) is 0.750. The standard InChI is InChI=1S/C8H2ClF12I/c9-8(20,21)7(18,19)6(16,17)5(14,15)4(12,13)3(10,11)1-2-22/h1-2H/b2-1+. The molecule has 0 bridgehead atoms. The maximum absolute atomic E-state index is 12.9. The van der Waals surface area contributed by atoms with Gasteiger partial charge in [0.1, 0.15) is 0 Å². The minimum Gasteiger partial charge on any atom is -0.195 e. The van der Waals surface area contributed by atoms with Gasteiger partial charge in [-0.3, -0.25) is 0 Å². The van der Waals surface area contributed by atoms with Gasteiger partial charge in [-0.15, -0.1) is 0 Å². The first-order valence-electron chi connectivity index (χ1n) is 4.55. The molecular formula is C8H2ClF12I. The van der Waals surface area contributed by atoms with Crippen LogP contribution in [0.5, 0.6) is 0 Å². The summed E-state index contributed by atoms with van der Waals surface area (Å²) in [5, 5.41) is -6.41. The van der Waals surface area contributed by atoms with Crippen molar-refractivity contribution < 1.29 is 52.7 Å². The van der Waals surface area contributed by atoms with E-state index in [0.29, 0.717) is 0 Å². The Morgan fingerprint density at radius 1 is 0.591 bits per heavy atom. The summed E-state index contributed by atoms with van der Waals surface area (Å²) >= 11 is 4.31. The molecule has 0 heterocycles. The molecule has 0 rings (SSSR count). The van der Waals surface area contributed by atoms with Crippen LogP contribution in [0.4, 0.5) is 52.7 Å². The average molecular weight is 488 g/mol. The van der Waals surface area contributed by atoms with E-state index in [1.807, 2.05) is 0 Å². The lowest BCUT2D eigenvalue weighted by Gasteiger charge is -2.39. The molecule has 0 aromatic heterocycles. The van der Waals surface area contributed by atoms with Crippen molar-refractivity contribution in [2.45, 2.75) is 35.0 Å². The molecule has 0 unspecified atom stereocenters. The molecule has 0 N–H and O–H groups in total. The van der Waals surface area contributed by atoms with E-state index in [1.165, 1.54) is 0 Å². The van der Waals surface area contributed by atoms with Crippen LogP contribution in [0.25, 0.3) is 0 Å². The second-order valence-electron chi connectivity index (χ2n) is 3.71. The Bertz CT molecular complexity index is 437. The van der Waals surface area contributed by atoms with E-state index in [9.17, 15) is 52.7 Å². The van der Waals surface area contributed by atoms with Crippen molar-refractivity contribution in [2.24, 2.45) is 0 Å². The highest BCUT2D eigenvalue weighted by Gasteiger charge is 2.89. The third kappa shape index (κ3) is 2.98. The molecule has 0 aliphatic carbocycles. The zero-order valence-corrected chi connectivity index (χ0v) is 12.4. The molecule has 0 aromatic rings. The predicted molar refractivity (Wildman–Crippen MR) is 58.7 cm³/mol. The zero-order valence-electron chi connectivity index (χ0n) is 9.45. The monoisotopic (exact) mass is 488 g/mol. The van der Waals surface area contributed by atoms with E-state index in [1.54, 1.807) is 0 Å². The highest BCUT2D eigenvalue weighted by atomic mass is 127. The van der Waals surface area contributed by atoms with Gasteiger partial charge < -0.3 is 0 Å². The third-order valence-electron chi connectivity index (χ3n) is 2.23. The summed E-state index contributed by atoms with van der Waals surface area (Å²) in [6.07, 6.45) is -0.992. The second kappa shape index (κ2) is 5.77. The summed E-state index contributed by atoms with van der Waals surface area (Å²) in [5.41, 5.74) is 0. The van der Waals surface area contributed by atoms with Crippen molar-refractivity contribution in [1.29, 1.82) is 0 Å². The normalized spacial score (nSPS) is 16.5. The third-order valence-corrected chi connectivity index (χ3v) is 2.83. The molecule has 0 nitrogen and oxygen atoms in total. The maximum atomic E-state index is 12.9. The smallest absolute Gasteiger partial charge is 0.195 e. The first-order valence-corrected chi connectivity index (χ1v) is 6.17. The van der Waals surface area contributed by atoms with Gasteiger partial charge in [0.15, 0.2) is 0 Å². The van der Waals surface area contributed by atoms with Crippen molar-refractivity contribution in [3.63, 3.8) is 0 Å². The van der Waals surface area contributed by atoms with Crippen LogP contribution in [0.2, 0.25) is 0 Å². The van der Waals surface area contributed by atoms with Crippen LogP contribution in [-0.2, 0) is 0 Å². The number of hydrogen-bond donors (Lipinski definition) is 0. The Labute approximate surface area is 132 Å². The summed E-state index contributed by atoms with van der Waals surface area (Å²) < 4.78 is 152. The van der Waals surface area contributed by atoms with Crippen molar-refractivity contribution >= 4 is 34.2 Å². The molecule has 132 valence electrons. The first-order chi connectivity index (χ1) is 9.31. The summed E-state index contributed by atoms with van der Waals surface area (Å²) in [6, 6.07) is 0. The SMILES string of the molecule is FC(F)(Cl)C(F)(F)C(F)(F)C(F)(F)C(F)(F)C(F)(F)/C=C/I. The lowest BCUT2D eigenvalue weighted by atomic mass is 9.94. The van der Waals surface area contributed by atoms with Crippen LogP contribution in [0.3, 0.4) is 0 Å². The van der Waals surface area contributed by atoms with Gasteiger partial charge >= 0.3 is 35.0 Å². The van der Waals surface area contributed by atoms with Crippen LogP contribution >= 0.6 is 34.2 Å². The van der Waals surface area contributed by atoms with Crippen molar-refractivity contribution in [2.75, 3.05) is 0 Å². The van der Waals surface area contributed by atoms with Gasteiger partial charge in [0.2, 0.25) is 0 Å². The molecule has 22 heavy (non-hydrogen) atoms. The Hall–Kier alpha value is -0.0800. The summed E-state index contributed by atoms with van der Waals surface area (Å²) in [7, 11) is 0. The molecule has 0 saturated heterocycles. The van der Waals surface area contributed by atoms with E-state index >= 15 is 0 Å². The van der Waals surface area contributed by atoms with Crippen LogP contribution in [0, 0.1) is 0 Å². The van der Waals surface area contributed by atoms with Gasteiger partial charge in [0.25, 0.3) is 0 Å². The average Bonchev–Trinajstić information content (AvgIpc) is 2.26. The Balaban J connectivity index is 6.23. The summed E-state index contributed by atoms with van der Waals surface area (Å²) in [4.78, 5) is 0. The van der Waals surface area contributed by atoms with Gasteiger partial charge in [0, 0.05) is 0 Å². The quantitative estimate of drug-likeness (QED) is 0.247. The lowest BCUT2D eigenvalue weighted by Crippen LogP contribution is -2.69. The Morgan fingerprint density at radius 3 is 1.18 bits per heavy atom. The number of allylic oxidation sites excluding steroid dienone is 1. The molecule has 0 radical (unpaired) electrons. The van der Waals surface area contributed by atoms with Crippen molar-refractivity contribution in [1.82, 2.24) is 0 Å². The molecule has 0 aliphatic heterocycles. The lowest BCUT2D eigenvalue weighted by molar-refractivity contribution is -0.411. The van der Waals surface area contributed by atoms with Gasteiger partial charge in [-0.2, -0.15) is 52.7 Å². The van der Waals surface area contributed by atoms with Crippen molar-refractivity contribution in [3.8, 4) is 0 Å². The number of hydrogen-bond acceptors (Lipinski definition) is 0. The fourth-order valence-corrected chi connectivity index (χ4v) is 1.54. The van der Waals surface area contributed by atoms with E-state index in [0.717, 1.165) is 22.6 Å². The molecule has 0 amide bonds. The minimum atomic E-state index is -7.60. The molecule has 14 heteroatoms. The van der Waals surface area contributed by atoms with Crippen LogP contribution in [0.15, 0.2) is 10.2 Å². The largest absolute Gasteiger partial charge is 0.393 e. The van der Waals surface area contributed by atoms with Crippen molar-refractivity contribution in [3.05, 3.63) is 10.2 Å². The highest BCUT2D eigenvalue weighted by molar-refractivity contribution is 14.1. The Kier molecular flexibility index (Phi) is 5.75. The molecule has 0 spiro atoms. The summed E-state index contributed by atoms with van der Waals surface area (Å²) in [6.45, 7) is 0. The van der Waals surface area contributed by atoms with Gasteiger partial charge in [-0.05, 0) is 21.8 Å².